The predicted molar refractivity (Wildman–Crippen MR) is 125 cm³/mol. The molecule has 0 spiro atoms. The summed E-state index contributed by atoms with van der Waals surface area (Å²) in [6, 6.07) is 13.9. The van der Waals surface area contributed by atoms with E-state index in [1.807, 2.05) is 70.2 Å². The Morgan fingerprint density at radius 3 is 2.03 bits per heavy atom. The van der Waals surface area contributed by atoms with Crippen molar-refractivity contribution < 1.29 is 0 Å². The first-order valence-corrected chi connectivity index (χ1v) is 9.36. The van der Waals surface area contributed by atoms with Gasteiger partial charge >= 0.3 is 0 Å². The molecule has 6 N–H and O–H groups in total. The molecule has 2 aromatic carbocycles. The van der Waals surface area contributed by atoms with Crippen molar-refractivity contribution in [2.24, 2.45) is 21.5 Å². The number of fused-ring (bicyclic) bond motifs is 1. The molecule has 0 radical (unpaired) electrons. The van der Waals surface area contributed by atoms with Crippen LogP contribution in [0.3, 0.4) is 0 Å². The van der Waals surface area contributed by atoms with E-state index in [0.717, 1.165) is 27.8 Å². The topological polar surface area (TPSA) is 117 Å². The Bertz CT molecular complexity index is 1020. The molecule has 1 aromatic heterocycles. The number of aliphatic imine (C=N–C) groups is 2. The number of imidazole rings is 1. The molecule has 0 aliphatic heterocycles. The van der Waals surface area contributed by atoms with Gasteiger partial charge in [-0.3, -0.25) is 9.98 Å². The van der Waals surface area contributed by atoms with Gasteiger partial charge in [0.25, 0.3) is 0 Å². The van der Waals surface area contributed by atoms with E-state index in [1.54, 1.807) is 0 Å². The maximum Gasteiger partial charge on any atom is 0.205 e. The molecule has 3 aromatic rings. The fourth-order valence-electron chi connectivity index (χ4n) is 2.79. The van der Waals surface area contributed by atoms with E-state index in [4.69, 9.17) is 11.5 Å². The van der Waals surface area contributed by atoms with Crippen LogP contribution in [0.4, 0.5) is 11.6 Å². The summed E-state index contributed by atoms with van der Waals surface area (Å²) in [6.07, 6.45) is 0. The first-order valence-electron chi connectivity index (χ1n) is 9.36. The van der Waals surface area contributed by atoms with Gasteiger partial charge in [0.2, 0.25) is 5.95 Å². The number of nitrogens with zero attached hydrogens (tertiary/aromatic N) is 3. The Morgan fingerprint density at radius 1 is 0.897 bits per heavy atom. The van der Waals surface area contributed by atoms with Crippen LogP contribution in [-0.2, 0) is 0 Å². The molecule has 0 saturated carbocycles. The minimum Gasteiger partial charge on any atom is -0.383 e. The second-order valence-corrected chi connectivity index (χ2v) is 7.24. The molecular formula is C21H28ClN7. The van der Waals surface area contributed by atoms with Crippen molar-refractivity contribution in [3.8, 4) is 0 Å². The highest BCUT2D eigenvalue weighted by atomic mass is 35.5. The number of halogens is 1. The summed E-state index contributed by atoms with van der Waals surface area (Å²) in [4.78, 5) is 16.6. The van der Waals surface area contributed by atoms with Gasteiger partial charge in [-0.2, -0.15) is 0 Å². The number of amidine groups is 2. The van der Waals surface area contributed by atoms with E-state index >= 15 is 0 Å². The molecule has 0 aliphatic carbocycles. The number of nitrogens with two attached hydrogens (primary N) is 2. The average molecular weight is 414 g/mol. The van der Waals surface area contributed by atoms with Crippen LogP contribution in [-0.4, -0.2) is 33.7 Å². The van der Waals surface area contributed by atoms with E-state index in [-0.39, 0.29) is 24.5 Å². The smallest absolute Gasteiger partial charge is 0.205 e. The highest BCUT2D eigenvalue weighted by molar-refractivity contribution is 6.00. The summed E-state index contributed by atoms with van der Waals surface area (Å²) < 4.78 is 0. The summed E-state index contributed by atoms with van der Waals surface area (Å²) in [7, 11) is 0. The van der Waals surface area contributed by atoms with Crippen LogP contribution in [0, 0.1) is 0 Å². The molecule has 0 fully saturated rings. The largest absolute Gasteiger partial charge is 0.383 e. The van der Waals surface area contributed by atoms with E-state index in [9.17, 15) is 0 Å². The van der Waals surface area contributed by atoms with Crippen molar-refractivity contribution in [1.29, 1.82) is 0 Å². The number of H-pyrrole nitrogens is 1. The highest BCUT2D eigenvalue weighted by Gasteiger charge is 2.07. The zero-order valence-corrected chi connectivity index (χ0v) is 17.9. The lowest BCUT2D eigenvalue weighted by Crippen LogP contribution is -2.15. The molecule has 0 aliphatic rings. The fourth-order valence-corrected chi connectivity index (χ4v) is 2.79. The van der Waals surface area contributed by atoms with Gasteiger partial charge in [0, 0.05) is 28.9 Å². The van der Waals surface area contributed by atoms with Crippen LogP contribution in [0.5, 0.6) is 0 Å². The number of hydrogen-bond donors (Lipinski definition) is 4. The van der Waals surface area contributed by atoms with Crippen LogP contribution in [0.25, 0.3) is 11.0 Å². The summed E-state index contributed by atoms with van der Waals surface area (Å²) >= 11 is 0. The fraction of sp³-hybridized carbons (Fsp3) is 0.286. The molecule has 7 nitrogen and oxygen atoms in total. The molecule has 154 valence electrons. The van der Waals surface area contributed by atoms with Gasteiger partial charge in [0.1, 0.15) is 11.7 Å². The third-order valence-corrected chi connectivity index (χ3v) is 4.02. The van der Waals surface area contributed by atoms with Gasteiger partial charge in [-0.1, -0.05) is 0 Å². The predicted octanol–water partition coefficient (Wildman–Crippen LogP) is 3.96. The van der Waals surface area contributed by atoms with Gasteiger partial charge < -0.3 is 21.8 Å². The summed E-state index contributed by atoms with van der Waals surface area (Å²) in [6.45, 7) is 7.99. The molecule has 8 heteroatoms. The lowest BCUT2D eigenvalue weighted by Gasteiger charge is -2.06. The number of rotatable bonds is 6. The maximum atomic E-state index is 6.07. The minimum absolute atomic E-state index is 0. The molecule has 1 heterocycles. The molecular weight excluding hydrogens is 386 g/mol. The van der Waals surface area contributed by atoms with Crippen LogP contribution in [0.2, 0.25) is 0 Å². The number of aromatic amines is 1. The third-order valence-electron chi connectivity index (χ3n) is 4.02. The third kappa shape index (κ3) is 5.71. The monoisotopic (exact) mass is 413 g/mol. The lowest BCUT2D eigenvalue weighted by molar-refractivity contribution is 0.834. The number of nitrogens with one attached hydrogen (secondary N) is 2. The van der Waals surface area contributed by atoms with Crippen molar-refractivity contribution in [2.45, 2.75) is 39.8 Å². The second-order valence-electron chi connectivity index (χ2n) is 7.24. The molecule has 0 unspecified atom stereocenters. The van der Waals surface area contributed by atoms with Gasteiger partial charge in [0.15, 0.2) is 0 Å². The van der Waals surface area contributed by atoms with Crippen molar-refractivity contribution in [1.82, 2.24) is 9.97 Å². The summed E-state index contributed by atoms with van der Waals surface area (Å²) in [5.41, 5.74) is 16.5. The molecule has 0 bridgehead atoms. The number of hydrogen-bond acceptors (Lipinski definition) is 4. The zero-order valence-electron chi connectivity index (χ0n) is 17.1. The lowest BCUT2D eigenvalue weighted by atomic mass is 10.2. The van der Waals surface area contributed by atoms with E-state index in [2.05, 4.69) is 25.3 Å². The maximum absolute atomic E-state index is 6.07. The van der Waals surface area contributed by atoms with Crippen LogP contribution >= 0.6 is 12.4 Å². The first-order chi connectivity index (χ1) is 13.3. The van der Waals surface area contributed by atoms with Crippen molar-refractivity contribution in [2.75, 3.05) is 5.32 Å². The Balaban J connectivity index is 0.00000300. The van der Waals surface area contributed by atoms with E-state index in [1.165, 1.54) is 0 Å². The van der Waals surface area contributed by atoms with Crippen molar-refractivity contribution in [3.63, 3.8) is 0 Å². The van der Waals surface area contributed by atoms with Crippen LogP contribution < -0.4 is 16.8 Å². The first kappa shape index (κ1) is 22.2. The molecule has 0 saturated heterocycles. The average Bonchev–Trinajstić information content (AvgIpc) is 3.02. The SMILES string of the molecule is CC(C)N=C(N)c1ccc(Nc2nc3ccc(C(N)=NC(C)C)cc3[nH]2)cc1.Cl. The normalized spacial score (nSPS) is 12.5. The van der Waals surface area contributed by atoms with Gasteiger partial charge in [-0.05, 0) is 70.2 Å². The molecule has 0 amide bonds. The number of anilines is 2. The van der Waals surface area contributed by atoms with Crippen LogP contribution in [0.1, 0.15) is 38.8 Å². The van der Waals surface area contributed by atoms with Crippen molar-refractivity contribution >= 4 is 46.7 Å². The summed E-state index contributed by atoms with van der Waals surface area (Å²) in [5.74, 6) is 1.72. The Hall–Kier alpha value is -3.06. The standard InChI is InChI=1S/C21H27N7.ClH/c1-12(2)24-19(22)14-5-8-16(9-6-14)26-21-27-17-10-7-15(11-18(17)28-21)20(23)25-13(3)4;/h5-13H,1-4H3,(H2,22,24)(H2,23,25)(H2,26,27,28);1H. The minimum atomic E-state index is 0. The Labute approximate surface area is 177 Å². The highest BCUT2D eigenvalue weighted by Crippen LogP contribution is 2.20. The molecule has 29 heavy (non-hydrogen) atoms. The Kier molecular flexibility index (Phi) is 7.23. The second kappa shape index (κ2) is 9.43. The van der Waals surface area contributed by atoms with E-state index < -0.39 is 0 Å². The van der Waals surface area contributed by atoms with Gasteiger partial charge in [-0.15, -0.1) is 12.4 Å². The van der Waals surface area contributed by atoms with Crippen LogP contribution in [0.15, 0.2) is 52.4 Å². The number of aromatic nitrogens is 2. The number of benzene rings is 2. The van der Waals surface area contributed by atoms with E-state index in [0.29, 0.717) is 17.6 Å². The van der Waals surface area contributed by atoms with Gasteiger partial charge in [-0.25, -0.2) is 4.98 Å². The zero-order chi connectivity index (χ0) is 20.3. The molecule has 3 rings (SSSR count). The van der Waals surface area contributed by atoms with Gasteiger partial charge in [0.05, 0.1) is 11.0 Å². The quantitative estimate of drug-likeness (QED) is 0.361. The van der Waals surface area contributed by atoms with Crippen molar-refractivity contribution in [3.05, 3.63) is 53.6 Å². The summed E-state index contributed by atoms with van der Waals surface area (Å²) in [5, 5.41) is 3.27. The Morgan fingerprint density at radius 2 is 1.45 bits per heavy atom. The molecule has 0 atom stereocenters.